The van der Waals surface area contributed by atoms with Crippen molar-refractivity contribution in [3.8, 4) is 5.88 Å². The van der Waals surface area contributed by atoms with Gasteiger partial charge in [-0.05, 0) is 10.7 Å². The minimum Gasteiger partial charge on any atom is -0.473 e. The zero-order chi connectivity index (χ0) is 17.8. The first kappa shape index (κ1) is 19.7. The number of aromatic nitrogens is 1. The molecule has 6 heteroatoms. The number of epoxide rings is 1. The number of rotatable bonds is 6. The molecule has 1 aliphatic heterocycles. The van der Waals surface area contributed by atoms with Crippen molar-refractivity contribution in [2.45, 2.75) is 40.4 Å². The van der Waals surface area contributed by atoms with Crippen LogP contribution in [-0.2, 0) is 16.1 Å². The van der Waals surface area contributed by atoms with Gasteiger partial charge in [-0.15, -0.1) is 0 Å². The molecule has 0 spiro atoms. The molecule has 132 valence electrons. The van der Waals surface area contributed by atoms with E-state index in [0.29, 0.717) is 13.2 Å². The lowest BCUT2D eigenvalue weighted by Gasteiger charge is -2.01. The highest BCUT2D eigenvalue weighted by molar-refractivity contribution is 5.86. The fourth-order valence-corrected chi connectivity index (χ4v) is 1.56. The Hall–Kier alpha value is -2.34. The van der Waals surface area contributed by atoms with Crippen molar-refractivity contribution in [2.24, 2.45) is 0 Å². The molecule has 0 aliphatic carbocycles. The van der Waals surface area contributed by atoms with E-state index in [1.165, 1.54) is 6.07 Å². The van der Waals surface area contributed by atoms with Gasteiger partial charge in [-0.3, -0.25) is 0 Å². The van der Waals surface area contributed by atoms with E-state index >= 15 is 0 Å². The highest BCUT2D eigenvalue weighted by Gasteiger charge is 2.24. The standard InChI is InChI=1S/C14H13NO5.2C2H6/c16-14(19-7-10-4-2-1-3-5-10)12-6-13(15-20-12)18-9-11-8-17-11;2*1-2/h1-6,11H,7-9H2;2*1-2H3/t11-;;/m0../s1. The maximum Gasteiger partial charge on any atom is 0.377 e. The lowest BCUT2D eigenvalue weighted by atomic mass is 10.2. The molecule has 3 rings (SSSR count). The van der Waals surface area contributed by atoms with E-state index in [1.807, 2.05) is 58.0 Å². The maximum atomic E-state index is 11.7. The molecule has 1 aromatic carbocycles. The lowest BCUT2D eigenvalue weighted by Crippen LogP contribution is -2.05. The van der Waals surface area contributed by atoms with E-state index in [1.54, 1.807) is 0 Å². The Bertz CT molecular complexity index is 578. The summed E-state index contributed by atoms with van der Waals surface area (Å²) in [5.41, 5.74) is 0.905. The van der Waals surface area contributed by atoms with Gasteiger partial charge in [0.1, 0.15) is 19.3 Å². The first-order chi connectivity index (χ1) is 11.8. The SMILES string of the molecule is CC.CC.O=C(OCc1ccccc1)c1cc(OC[C@@H]2CO2)no1. The van der Waals surface area contributed by atoms with Gasteiger partial charge < -0.3 is 18.7 Å². The van der Waals surface area contributed by atoms with Gasteiger partial charge in [0.25, 0.3) is 5.88 Å². The molecule has 1 fully saturated rings. The van der Waals surface area contributed by atoms with Crippen LogP contribution in [0.5, 0.6) is 5.88 Å². The van der Waals surface area contributed by atoms with Gasteiger partial charge in [-0.2, -0.15) is 0 Å². The average molecular weight is 335 g/mol. The van der Waals surface area contributed by atoms with Crippen LogP contribution in [0.2, 0.25) is 0 Å². The van der Waals surface area contributed by atoms with E-state index in [-0.39, 0.29) is 24.4 Å². The molecule has 24 heavy (non-hydrogen) atoms. The Morgan fingerprint density at radius 2 is 1.88 bits per heavy atom. The number of benzene rings is 1. The molecule has 0 unspecified atom stereocenters. The largest absolute Gasteiger partial charge is 0.473 e. The van der Waals surface area contributed by atoms with Crippen LogP contribution in [0, 0.1) is 0 Å². The molecule has 1 aliphatic rings. The van der Waals surface area contributed by atoms with Crippen molar-refractivity contribution in [2.75, 3.05) is 13.2 Å². The molecule has 1 saturated heterocycles. The van der Waals surface area contributed by atoms with Gasteiger partial charge in [0, 0.05) is 0 Å². The van der Waals surface area contributed by atoms with Crippen LogP contribution in [0.15, 0.2) is 40.9 Å². The van der Waals surface area contributed by atoms with Gasteiger partial charge in [0.2, 0.25) is 5.76 Å². The molecule has 1 atom stereocenters. The molecule has 0 amide bonds. The monoisotopic (exact) mass is 335 g/mol. The summed E-state index contributed by atoms with van der Waals surface area (Å²) in [6, 6.07) is 10.8. The fourth-order valence-electron chi connectivity index (χ4n) is 1.56. The Balaban J connectivity index is 0.000000671. The Morgan fingerprint density at radius 1 is 1.21 bits per heavy atom. The van der Waals surface area contributed by atoms with E-state index in [9.17, 15) is 4.79 Å². The molecular formula is C18H25NO5. The molecule has 0 N–H and O–H groups in total. The van der Waals surface area contributed by atoms with Gasteiger partial charge in [0.15, 0.2) is 0 Å². The Morgan fingerprint density at radius 3 is 2.50 bits per heavy atom. The first-order valence-electron chi connectivity index (χ1n) is 8.23. The molecule has 0 radical (unpaired) electrons. The summed E-state index contributed by atoms with van der Waals surface area (Å²) in [5.74, 6) is -0.293. The number of hydrogen-bond acceptors (Lipinski definition) is 6. The maximum absolute atomic E-state index is 11.7. The minimum atomic E-state index is -0.570. The quantitative estimate of drug-likeness (QED) is 0.589. The highest BCUT2D eigenvalue weighted by Crippen LogP contribution is 2.16. The van der Waals surface area contributed by atoms with E-state index in [0.717, 1.165) is 5.56 Å². The summed E-state index contributed by atoms with van der Waals surface area (Å²) in [5, 5.41) is 3.64. The van der Waals surface area contributed by atoms with Gasteiger partial charge in [0.05, 0.1) is 12.7 Å². The summed E-state index contributed by atoms with van der Waals surface area (Å²) in [7, 11) is 0. The van der Waals surface area contributed by atoms with E-state index < -0.39 is 5.97 Å². The molecule has 0 saturated carbocycles. The van der Waals surface area contributed by atoms with Gasteiger partial charge in [-0.1, -0.05) is 58.0 Å². The van der Waals surface area contributed by atoms with Crippen molar-refractivity contribution in [3.05, 3.63) is 47.7 Å². The fraction of sp³-hybridized carbons (Fsp3) is 0.444. The average Bonchev–Trinajstić information content (AvgIpc) is 3.38. The van der Waals surface area contributed by atoms with Crippen molar-refractivity contribution in [1.29, 1.82) is 0 Å². The van der Waals surface area contributed by atoms with Crippen molar-refractivity contribution < 1.29 is 23.5 Å². The summed E-state index contributed by atoms with van der Waals surface area (Å²) < 4.78 is 20.3. The molecule has 6 nitrogen and oxygen atoms in total. The topological polar surface area (TPSA) is 74.1 Å². The van der Waals surface area contributed by atoms with E-state index in [2.05, 4.69) is 5.16 Å². The number of carbonyl (C=O) groups excluding carboxylic acids is 1. The number of ether oxygens (including phenoxy) is 3. The van der Waals surface area contributed by atoms with Gasteiger partial charge in [-0.25, -0.2) is 4.79 Å². The zero-order valence-corrected chi connectivity index (χ0v) is 14.7. The summed E-state index contributed by atoms with van der Waals surface area (Å²) in [6.45, 7) is 9.29. The van der Waals surface area contributed by atoms with Crippen molar-refractivity contribution >= 4 is 5.97 Å². The second-order valence-corrected chi connectivity index (χ2v) is 4.36. The zero-order valence-electron chi connectivity index (χ0n) is 14.7. The van der Waals surface area contributed by atoms with Crippen LogP contribution in [-0.4, -0.2) is 30.4 Å². The number of esters is 1. The van der Waals surface area contributed by atoms with Crippen LogP contribution in [0.3, 0.4) is 0 Å². The summed E-state index contributed by atoms with van der Waals surface area (Å²) >= 11 is 0. The minimum absolute atomic E-state index is 0.0210. The molecule has 0 bridgehead atoms. The third-order valence-corrected chi connectivity index (χ3v) is 2.72. The molecule has 1 aromatic heterocycles. The van der Waals surface area contributed by atoms with Crippen LogP contribution < -0.4 is 4.74 Å². The Kier molecular flexibility index (Phi) is 9.23. The predicted octanol–water partition coefficient (Wildman–Crippen LogP) is 3.86. The van der Waals surface area contributed by atoms with Crippen molar-refractivity contribution in [3.63, 3.8) is 0 Å². The second-order valence-electron chi connectivity index (χ2n) is 4.36. The molecule has 2 heterocycles. The van der Waals surface area contributed by atoms with Crippen LogP contribution in [0.25, 0.3) is 0 Å². The second kappa shape index (κ2) is 11.2. The lowest BCUT2D eigenvalue weighted by molar-refractivity contribution is 0.0425. The van der Waals surface area contributed by atoms with Crippen LogP contribution in [0.1, 0.15) is 43.8 Å². The third kappa shape index (κ3) is 6.83. The number of hydrogen-bond donors (Lipinski definition) is 0. The smallest absolute Gasteiger partial charge is 0.377 e. The molecular weight excluding hydrogens is 310 g/mol. The van der Waals surface area contributed by atoms with E-state index in [4.69, 9.17) is 18.7 Å². The third-order valence-electron chi connectivity index (χ3n) is 2.72. The van der Waals surface area contributed by atoms with Crippen molar-refractivity contribution in [1.82, 2.24) is 5.16 Å². The number of nitrogens with zero attached hydrogens (tertiary/aromatic N) is 1. The molecule has 2 aromatic rings. The summed E-state index contributed by atoms with van der Waals surface area (Å²) in [6.07, 6.45) is 0.125. The Labute approximate surface area is 142 Å². The number of carbonyl (C=O) groups is 1. The first-order valence-corrected chi connectivity index (χ1v) is 8.23. The highest BCUT2D eigenvalue weighted by atomic mass is 16.6. The normalized spacial score (nSPS) is 14.4. The predicted molar refractivity (Wildman–Crippen MR) is 90.0 cm³/mol. The van der Waals surface area contributed by atoms with Crippen LogP contribution >= 0.6 is 0 Å². The van der Waals surface area contributed by atoms with Gasteiger partial charge >= 0.3 is 5.97 Å². The summed E-state index contributed by atoms with van der Waals surface area (Å²) in [4.78, 5) is 11.7. The van der Waals surface area contributed by atoms with Crippen LogP contribution in [0.4, 0.5) is 0 Å².